The molecular weight excluding hydrogens is 414 g/mol. The number of non-ortho nitro benzene ring substituents is 1. The molecule has 0 aliphatic rings. The predicted molar refractivity (Wildman–Crippen MR) is 119 cm³/mol. The maximum atomic E-state index is 12.4. The van der Waals surface area contributed by atoms with E-state index in [1.165, 1.54) is 19.4 Å². The van der Waals surface area contributed by atoms with Gasteiger partial charge in [-0.1, -0.05) is 18.2 Å². The van der Waals surface area contributed by atoms with Gasteiger partial charge in [0.05, 0.1) is 23.8 Å². The summed E-state index contributed by atoms with van der Waals surface area (Å²) in [7, 11) is 1.30. The van der Waals surface area contributed by atoms with E-state index in [9.17, 15) is 20.0 Å². The number of phenols is 1. The fourth-order valence-corrected chi connectivity index (χ4v) is 3.04. The van der Waals surface area contributed by atoms with Gasteiger partial charge in [-0.2, -0.15) is 0 Å². The number of amides is 1. The highest BCUT2D eigenvalue weighted by atomic mass is 16.6. The van der Waals surface area contributed by atoms with Gasteiger partial charge in [0.1, 0.15) is 5.58 Å². The number of nitrogens with zero attached hydrogens (tertiary/aromatic N) is 2. The minimum absolute atomic E-state index is 0.0238. The largest absolute Gasteiger partial charge is 0.504 e. The Balaban J connectivity index is 1.49. The molecule has 0 unspecified atom stereocenters. The first-order valence-electron chi connectivity index (χ1n) is 9.44. The topological polar surface area (TPSA) is 127 Å². The fraction of sp³-hybridized carbons (Fsp3) is 0.0435. The van der Waals surface area contributed by atoms with Crippen LogP contribution >= 0.6 is 0 Å². The van der Waals surface area contributed by atoms with Gasteiger partial charge in [-0.15, -0.1) is 0 Å². The van der Waals surface area contributed by atoms with E-state index in [-0.39, 0.29) is 34.4 Å². The van der Waals surface area contributed by atoms with E-state index in [1.807, 2.05) is 18.2 Å². The summed E-state index contributed by atoms with van der Waals surface area (Å²) < 4.78 is 10.5. The number of hydrogen-bond donors (Lipinski definition) is 2. The zero-order valence-corrected chi connectivity index (χ0v) is 16.8. The van der Waals surface area contributed by atoms with Gasteiger partial charge >= 0.3 is 0 Å². The molecule has 9 heteroatoms. The SMILES string of the molecule is COc1cc([N+](=O)[O-])cc(C=Nc2ccc(NC(=O)c3cc4ccccc4o3)cc2)c1O. The number of fused-ring (bicyclic) bond motifs is 1. The molecular formula is C23H17N3O6. The minimum atomic E-state index is -0.585. The number of methoxy groups -OCH3 is 1. The molecule has 0 spiro atoms. The number of aromatic hydroxyl groups is 1. The van der Waals surface area contributed by atoms with Crippen molar-refractivity contribution in [2.45, 2.75) is 0 Å². The molecule has 1 heterocycles. The van der Waals surface area contributed by atoms with E-state index in [0.29, 0.717) is 17.0 Å². The third-order valence-electron chi connectivity index (χ3n) is 4.65. The van der Waals surface area contributed by atoms with Crippen LogP contribution in [0.5, 0.6) is 11.5 Å². The smallest absolute Gasteiger partial charge is 0.291 e. The number of rotatable bonds is 6. The monoisotopic (exact) mass is 431 g/mol. The van der Waals surface area contributed by atoms with Crippen LogP contribution in [0.2, 0.25) is 0 Å². The van der Waals surface area contributed by atoms with Crippen LogP contribution in [-0.4, -0.2) is 29.3 Å². The summed E-state index contributed by atoms with van der Waals surface area (Å²) in [5, 5.41) is 24.8. The molecule has 0 bridgehead atoms. The first kappa shape index (κ1) is 20.6. The highest BCUT2D eigenvalue weighted by Crippen LogP contribution is 2.34. The number of ether oxygens (including phenoxy) is 1. The predicted octanol–water partition coefficient (Wildman–Crippen LogP) is 5.06. The number of carbonyl (C=O) groups is 1. The van der Waals surface area contributed by atoms with Gasteiger partial charge < -0.3 is 19.6 Å². The third kappa shape index (κ3) is 4.26. The first-order chi connectivity index (χ1) is 15.4. The summed E-state index contributed by atoms with van der Waals surface area (Å²) in [6.45, 7) is 0. The Labute approximate surface area is 181 Å². The van der Waals surface area contributed by atoms with E-state index >= 15 is 0 Å². The van der Waals surface area contributed by atoms with Crippen molar-refractivity contribution in [2.75, 3.05) is 12.4 Å². The van der Waals surface area contributed by atoms with Crippen molar-refractivity contribution in [1.82, 2.24) is 0 Å². The highest BCUT2D eigenvalue weighted by molar-refractivity contribution is 6.04. The molecule has 1 aromatic heterocycles. The Kier molecular flexibility index (Phi) is 5.54. The van der Waals surface area contributed by atoms with Crippen molar-refractivity contribution < 1.29 is 24.0 Å². The molecule has 0 saturated heterocycles. The van der Waals surface area contributed by atoms with Gasteiger partial charge in [0.25, 0.3) is 11.6 Å². The van der Waals surface area contributed by atoms with Crippen molar-refractivity contribution in [3.63, 3.8) is 0 Å². The van der Waals surface area contributed by atoms with Gasteiger partial charge in [-0.05, 0) is 36.4 Å². The Bertz CT molecular complexity index is 1310. The number of anilines is 1. The lowest BCUT2D eigenvalue weighted by Gasteiger charge is -2.06. The summed E-state index contributed by atoms with van der Waals surface area (Å²) in [5.74, 6) is -0.463. The molecule has 4 rings (SSSR count). The standard InChI is InChI=1S/C23H17N3O6/c1-31-20-12-18(26(29)30)10-15(22(20)27)13-24-16-6-8-17(9-7-16)25-23(28)21-11-14-4-2-3-5-19(14)32-21/h2-13,27H,1H3,(H,25,28). The second-order valence-corrected chi connectivity index (χ2v) is 6.75. The van der Waals surface area contributed by atoms with Crippen molar-refractivity contribution >= 4 is 40.2 Å². The Hall–Kier alpha value is -4.66. The van der Waals surface area contributed by atoms with Crippen LogP contribution in [0, 0.1) is 10.1 Å². The van der Waals surface area contributed by atoms with E-state index in [0.717, 1.165) is 11.5 Å². The summed E-state index contributed by atoms with van der Waals surface area (Å²) in [4.78, 5) is 27.1. The van der Waals surface area contributed by atoms with Gasteiger partial charge in [0.15, 0.2) is 17.3 Å². The summed E-state index contributed by atoms with van der Waals surface area (Å²) >= 11 is 0. The zero-order chi connectivity index (χ0) is 22.7. The summed E-state index contributed by atoms with van der Waals surface area (Å²) in [6.07, 6.45) is 1.30. The second-order valence-electron chi connectivity index (χ2n) is 6.75. The average Bonchev–Trinajstić information content (AvgIpc) is 3.24. The second kappa shape index (κ2) is 8.60. The van der Waals surface area contributed by atoms with E-state index in [2.05, 4.69) is 10.3 Å². The number of nitrogens with one attached hydrogen (secondary N) is 1. The molecule has 1 amide bonds. The van der Waals surface area contributed by atoms with Crippen LogP contribution in [0.1, 0.15) is 16.1 Å². The molecule has 0 atom stereocenters. The maximum absolute atomic E-state index is 12.4. The fourth-order valence-electron chi connectivity index (χ4n) is 3.04. The minimum Gasteiger partial charge on any atom is -0.504 e. The lowest BCUT2D eigenvalue weighted by Crippen LogP contribution is -2.10. The number of phenolic OH excluding ortho intramolecular Hbond substituents is 1. The molecule has 4 aromatic rings. The van der Waals surface area contributed by atoms with Crippen molar-refractivity contribution in [1.29, 1.82) is 0 Å². The van der Waals surface area contributed by atoms with Crippen LogP contribution < -0.4 is 10.1 Å². The highest BCUT2D eigenvalue weighted by Gasteiger charge is 2.16. The van der Waals surface area contributed by atoms with Gasteiger partial charge in [0, 0.05) is 28.9 Å². The lowest BCUT2D eigenvalue weighted by atomic mass is 10.1. The molecule has 0 aliphatic carbocycles. The zero-order valence-electron chi connectivity index (χ0n) is 16.8. The molecule has 2 N–H and O–H groups in total. The number of nitro benzene ring substituents is 1. The number of aliphatic imine (C=N–C) groups is 1. The van der Waals surface area contributed by atoms with Crippen LogP contribution in [0.25, 0.3) is 11.0 Å². The molecule has 9 nitrogen and oxygen atoms in total. The van der Waals surface area contributed by atoms with Gasteiger partial charge in [-0.25, -0.2) is 0 Å². The number of nitro groups is 1. The quantitative estimate of drug-likeness (QED) is 0.250. The molecule has 32 heavy (non-hydrogen) atoms. The Morgan fingerprint density at radius 1 is 1.16 bits per heavy atom. The van der Waals surface area contributed by atoms with Gasteiger partial charge in [-0.3, -0.25) is 19.9 Å². The van der Waals surface area contributed by atoms with Crippen LogP contribution in [0.15, 0.2) is 76.1 Å². The maximum Gasteiger partial charge on any atom is 0.291 e. The normalized spacial score (nSPS) is 11.0. The van der Waals surface area contributed by atoms with E-state index in [1.54, 1.807) is 36.4 Å². The third-order valence-corrected chi connectivity index (χ3v) is 4.65. The number of carbonyl (C=O) groups excluding carboxylic acids is 1. The lowest BCUT2D eigenvalue weighted by molar-refractivity contribution is -0.385. The Morgan fingerprint density at radius 3 is 2.59 bits per heavy atom. The van der Waals surface area contributed by atoms with Crippen molar-refractivity contribution in [3.8, 4) is 11.5 Å². The van der Waals surface area contributed by atoms with Crippen molar-refractivity contribution in [2.24, 2.45) is 4.99 Å². The summed E-state index contributed by atoms with van der Waals surface area (Å²) in [6, 6.07) is 17.9. The molecule has 0 fully saturated rings. The molecule has 0 aliphatic heterocycles. The van der Waals surface area contributed by atoms with Crippen LogP contribution in [0.3, 0.4) is 0 Å². The molecule has 0 saturated carbocycles. The molecule has 0 radical (unpaired) electrons. The van der Waals surface area contributed by atoms with Gasteiger partial charge in [0.2, 0.25) is 0 Å². The average molecular weight is 431 g/mol. The van der Waals surface area contributed by atoms with E-state index in [4.69, 9.17) is 9.15 Å². The number of furan rings is 1. The number of hydrogen-bond acceptors (Lipinski definition) is 7. The van der Waals surface area contributed by atoms with Crippen LogP contribution in [-0.2, 0) is 0 Å². The first-order valence-corrected chi connectivity index (χ1v) is 9.44. The number of benzene rings is 3. The Morgan fingerprint density at radius 2 is 1.91 bits per heavy atom. The molecule has 3 aromatic carbocycles. The van der Waals surface area contributed by atoms with E-state index < -0.39 is 4.92 Å². The van der Waals surface area contributed by atoms with Crippen LogP contribution in [0.4, 0.5) is 17.1 Å². The number of para-hydroxylation sites is 1. The summed E-state index contributed by atoms with van der Waals surface area (Å²) in [5.41, 5.74) is 1.58. The molecule has 160 valence electrons. The van der Waals surface area contributed by atoms with Crippen molar-refractivity contribution in [3.05, 3.63) is 88.2 Å².